The Morgan fingerprint density at radius 1 is 0.941 bits per heavy atom. The second kappa shape index (κ2) is 6.79. The molecule has 1 nitrogen and oxygen atoms in total. The van der Waals surface area contributed by atoms with Gasteiger partial charge in [0.1, 0.15) is 0 Å². The van der Waals surface area contributed by atoms with Crippen molar-refractivity contribution in [2.24, 2.45) is 0 Å². The molecule has 0 atom stereocenters. The van der Waals surface area contributed by atoms with E-state index in [0.29, 0.717) is 6.04 Å². The van der Waals surface area contributed by atoms with Gasteiger partial charge in [-0.05, 0) is 47.0 Å². The van der Waals surface area contributed by atoms with E-state index >= 15 is 0 Å². The first-order valence-corrected chi connectivity index (χ1v) is 8.06. The van der Waals surface area contributed by atoms with Gasteiger partial charge in [0.25, 0.3) is 0 Å². The second-order valence-corrected chi connectivity index (χ2v) is 6.58. The normalized spacial score (nSPS) is 18.5. The second-order valence-electron chi connectivity index (χ2n) is 4.81. The summed E-state index contributed by atoms with van der Waals surface area (Å²) in [7, 11) is 0. The molecule has 1 fully saturated rings. The summed E-state index contributed by atoms with van der Waals surface area (Å²) in [6, 6.07) is 6.99. The van der Waals surface area contributed by atoms with Gasteiger partial charge in [-0.2, -0.15) is 0 Å². The van der Waals surface area contributed by atoms with Gasteiger partial charge in [0, 0.05) is 20.7 Å². The molecule has 1 aliphatic rings. The van der Waals surface area contributed by atoms with Gasteiger partial charge < -0.3 is 5.32 Å². The smallest absolute Gasteiger partial charge is 0.0487 e. The first-order valence-electron chi connectivity index (χ1n) is 6.47. The highest BCUT2D eigenvalue weighted by molar-refractivity contribution is 9.11. The molecular weight excluding hydrogens is 342 g/mol. The molecule has 0 radical (unpaired) electrons. The quantitative estimate of drug-likeness (QED) is 0.709. The van der Waals surface area contributed by atoms with E-state index in [9.17, 15) is 0 Å². The van der Waals surface area contributed by atoms with E-state index in [1.54, 1.807) is 0 Å². The minimum absolute atomic E-state index is 0.646. The minimum Gasteiger partial charge on any atom is -0.381 e. The predicted molar refractivity (Wildman–Crippen MR) is 81.6 cm³/mol. The number of benzene rings is 1. The van der Waals surface area contributed by atoms with Crippen molar-refractivity contribution in [3.8, 4) is 0 Å². The van der Waals surface area contributed by atoms with E-state index in [0.717, 1.165) is 8.95 Å². The van der Waals surface area contributed by atoms with Crippen LogP contribution in [0.1, 0.15) is 44.9 Å². The summed E-state index contributed by atoms with van der Waals surface area (Å²) in [6.45, 7) is 0. The van der Waals surface area contributed by atoms with Crippen molar-refractivity contribution in [1.82, 2.24) is 0 Å². The lowest BCUT2D eigenvalue weighted by molar-refractivity contribution is 0.471. The van der Waals surface area contributed by atoms with Crippen molar-refractivity contribution in [3.63, 3.8) is 0 Å². The Morgan fingerprint density at radius 2 is 1.59 bits per heavy atom. The highest BCUT2D eigenvalue weighted by Crippen LogP contribution is 2.28. The fourth-order valence-electron chi connectivity index (χ4n) is 2.43. The van der Waals surface area contributed by atoms with Crippen molar-refractivity contribution < 1.29 is 0 Å². The SMILES string of the molecule is Brc1ccc(NC2CCCCCCC2)c(Br)c1. The van der Waals surface area contributed by atoms with Crippen LogP contribution in [0.2, 0.25) is 0 Å². The first kappa shape index (κ1) is 13.4. The Balaban J connectivity index is 1.98. The van der Waals surface area contributed by atoms with Gasteiger partial charge in [-0.25, -0.2) is 0 Å². The van der Waals surface area contributed by atoms with Crippen LogP contribution >= 0.6 is 31.9 Å². The lowest BCUT2D eigenvalue weighted by Gasteiger charge is -2.22. The fourth-order valence-corrected chi connectivity index (χ4v) is 3.59. The van der Waals surface area contributed by atoms with E-state index < -0.39 is 0 Å². The van der Waals surface area contributed by atoms with Gasteiger partial charge in [-0.3, -0.25) is 0 Å². The molecule has 0 heterocycles. The molecule has 1 aromatic carbocycles. The summed E-state index contributed by atoms with van der Waals surface area (Å²) >= 11 is 7.10. The third-order valence-electron chi connectivity index (χ3n) is 3.40. The van der Waals surface area contributed by atoms with Crippen LogP contribution in [-0.4, -0.2) is 6.04 Å². The van der Waals surface area contributed by atoms with Crippen LogP contribution in [0, 0.1) is 0 Å². The van der Waals surface area contributed by atoms with Crippen LogP contribution in [-0.2, 0) is 0 Å². The van der Waals surface area contributed by atoms with Gasteiger partial charge in [-0.1, -0.05) is 48.0 Å². The minimum atomic E-state index is 0.646. The van der Waals surface area contributed by atoms with Gasteiger partial charge in [0.2, 0.25) is 0 Å². The number of hydrogen-bond acceptors (Lipinski definition) is 1. The molecule has 1 saturated carbocycles. The first-order chi connectivity index (χ1) is 8.25. The maximum Gasteiger partial charge on any atom is 0.0487 e. The third-order valence-corrected chi connectivity index (χ3v) is 4.55. The molecule has 0 saturated heterocycles. The van der Waals surface area contributed by atoms with Crippen molar-refractivity contribution >= 4 is 37.5 Å². The number of nitrogens with one attached hydrogen (secondary N) is 1. The van der Waals surface area contributed by atoms with Crippen molar-refractivity contribution in [2.45, 2.75) is 51.0 Å². The van der Waals surface area contributed by atoms with Gasteiger partial charge >= 0.3 is 0 Å². The van der Waals surface area contributed by atoms with E-state index in [1.165, 1.54) is 50.6 Å². The monoisotopic (exact) mass is 359 g/mol. The molecule has 1 N–H and O–H groups in total. The molecule has 17 heavy (non-hydrogen) atoms. The van der Waals surface area contributed by atoms with Crippen LogP contribution in [0.4, 0.5) is 5.69 Å². The van der Waals surface area contributed by atoms with Gasteiger partial charge in [-0.15, -0.1) is 0 Å². The van der Waals surface area contributed by atoms with E-state index in [2.05, 4.69) is 55.4 Å². The molecule has 1 aromatic rings. The molecule has 94 valence electrons. The zero-order valence-corrected chi connectivity index (χ0v) is 13.2. The number of hydrogen-bond donors (Lipinski definition) is 1. The maximum atomic E-state index is 3.68. The Morgan fingerprint density at radius 3 is 2.24 bits per heavy atom. The highest BCUT2D eigenvalue weighted by atomic mass is 79.9. The summed E-state index contributed by atoms with van der Waals surface area (Å²) in [4.78, 5) is 0. The van der Waals surface area contributed by atoms with Crippen LogP contribution in [0.3, 0.4) is 0 Å². The molecule has 0 aromatic heterocycles. The molecule has 0 unspecified atom stereocenters. The topological polar surface area (TPSA) is 12.0 Å². The summed E-state index contributed by atoms with van der Waals surface area (Å²) in [5, 5.41) is 3.68. The lowest BCUT2D eigenvalue weighted by atomic mass is 9.96. The maximum absolute atomic E-state index is 3.68. The average Bonchev–Trinajstić information content (AvgIpc) is 2.25. The molecule has 1 aliphatic carbocycles. The molecule has 3 heteroatoms. The van der Waals surface area contributed by atoms with E-state index in [4.69, 9.17) is 0 Å². The molecule has 0 aliphatic heterocycles. The zero-order valence-electron chi connectivity index (χ0n) is 10.0. The van der Waals surface area contributed by atoms with Crippen LogP contribution in [0.15, 0.2) is 27.1 Å². The molecule has 0 bridgehead atoms. The summed E-state index contributed by atoms with van der Waals surface area (Å²) in [5.41, 5.74) is 1.22. The van der Waals surface area contributed by atoms with E-state index in [-0.39, 0.29) is 0 Å². The van der Waals surface area contributed by atoms with Crippen molar-refractivity contribution in [3.05, 3.63) is 27.1 Å². The average molecular weight is 361 g/mol. The Bertz CT molecular complexity index is 357. The Kier molecular flexibility index (Phi) is 5.36. The van der Waals surface area contributed by atoms with Gasteiger partial charge in [0.15, 0.2) is 0 Å². The number of anilines is 1. The van der Waals surface area contributed by atoms with Crippen molar-refractivity contribution in [1.29, 1.82) is 0 Å². The third kappa shape index (κ3) is 4.29. The lowest BCUT2D eigenvalue weighted by Crippen LogP contribution is -2.20. The molecule has 2 rings (SSSR count). The van der Waals surface area contributed by atoms with Crippen molar-refractivity contribution in [2.75, 3.05) is 5.32 Å². The standard InChI is InChI=1S/C14H19Br2N/c15-11-8-9-14(13(16)10-11)17-12-6-4-2-1-3-5-7-12/h8-10,12,17H,1-7H2. The molecule has 0 spiro atoms. The summed E-state index contributed by atoms with van der Waals surface area (Å²) < 4.78 is 2.27. The summed E-state index contributed by atoms with van der Waals surface area (Å²) in [6.07, 6.45) is 9.58. The number of halogens is 2. The van der Waals surface area contributed by atoms with Crippen LogP contribution in [0.5, 0.6) is 0 Å². The van der Waals surface area contributed by atoms with E-state index in [1.807, 2.05) is 0 Å². The molecule has 0 amide bonds. The Hall–Kier alpha value is -0.0200. The zero-order chi connectivity index (χ0) is 12.1. The fraction of sp³-hybridized carbons (Fsp3) is 0.571. The van der Waals surface area contributed by atoms with Crippen LogP contribution < -0.4 is 5.32 Å². The van der Waals surface area contributed by atoms with Gasteiger partial charge in [0.05, 0.1) is 0 Å². The van der Waals surface area contributed by atoms with Crippen LogP contribution in [0.25, 0.3) is 0 Å². The number of rotatable bonds is 2. The largest absolute Gasteiger partial charge is 0.381 e. The predicted octanol–water partition coefficient (Wildman–Crippen LogP) is 5.74. The Labute approximate surface area is 121 Å². The summed E-state index contributed by atoms with van der Waals surface area (Å²) in [5.74, 6) is 0. The highest BCUT2D eigenvalue weighted by Gasteiger charge is 2.12. The molecular formula is C14H19Br2N.